The average molecular weight is 339 g/mol. The van der Waals surface area contributed by atoms with Gasteiger partial charge in [0, 0.05) is 38.9 Å². The van der Waals surface area contributed by atoms with E-state index in [0.29, 0.717) is 0 Å². The first-order valence-corrected chi connectivity index (χ1v) is 9.26. The molecule has 0 spiro atoms. The second-order valence-electron chi connectivity index (χ2n) is 6.63. The van der Waals surface area contributed by atoms with E-state index in [1.54, 1.807) is 0 Å². The number of aromatic nitrogens is 4. The molecule has 1 fully saturated rings. The molecule has 3 heterocycles. The van der Waals surface area contributed by atoms with E-state index in [4.69, 9.17) is 0 Å². The highest BCUT2D eigenvalue weighted by Gasteiger charge is 2.22. The third-order valence-electron chi connectivity index (χ3n) is 4.94. The van der Waals surface area contributed by atoms with E-state index in [1.807, 2.05) is 12.3 Å². The Morgan fingerprint density at radius 1 is 1.04 bits per heavy atom. The van der Waals surface area contributed by atoms with E-state index in [9.17, 15) is 0 Å². The molecule has 0 radical (unpaired) electrons. The highest BCUT2D eigenvalue weighted by molar-refractivity contribution is 5.46. The minimum absolute atomic E-state index is 0.801. The van der Waals surface area contributed by atoms with Crippen molar-refractivity contribution in [3.8, 4) is 0 Å². The fraction of sp³-hybridized carbons (Fsp3) is 0.556. The van der Waals surface area contributed by atoms with E-state index in [1.165, 1.54) is 24.1 Å². The van der Waals surface area contributed by atoms with Gasteiger partial charge >= 0.3 is 0 Å². The number of nitrogens with one attached hydrogen (secondary N) is 1. The molecule has 0 aromatic carbocycles. The Labute approximate surface area is 148 Å². The van der Waals surface area contributed by atoms with Crippen molar-refractivity contribution in [2.45, 2.75) is 32.6 Å². The molecule has 1 N–H and O–H groups in total. The number of hydrogen-bond acceptors (Lipinski definition) is 7. The quantitative estimate of drug-likeness (QED) is 0.912. The molecule has 1 aliphatic heterocycles. The summed E-state index contributed by atoms with van der Waals surface area (Å²) in [7, 11) is 0. The van der Waals surface area contributed by atoms with Gasteiger partial charge in [-0.2, -0.15) is 10.1 Å². The monoisotopic (exact) mass is 339 g/mol. The van der Waals surface area contributed by atoms with Crippen LogP contribution in [-0.2, 0) is 12.8 Å². The summed E-state index contributed by atoms with van der Waals surface area (Å²) in [6.45, 7) is 6.56. The number of piperazine rings is 1. The Kier molecular flexibility index (Phi) is 4.63. The summed E-state index contributed by atoms with van der Waals surface area (Å²) < 4.78 is 0. The Hall–Kier alpha value is -2.44. The highest BCUT2D eigenvalue weighted by Crippen LogP contribution is 2.23. The third kappa shape index (κ3) is 3.50. The van der Waals surface area contributed by atoms with Crippen molar-refractivity contribution in [2.24, 2.45) is 0 Å². The molecule has 2 aromatic rings. The Morgan fingerprint density at radius 3 is 2.68 bits per heavy atom. The molecule has 0 atom stereocenters. The van der Waals surface area contributed by atoms with Crippen LogP contribution in [0, 0.1) is 0 Å². The molecule has 0 bridgehead atoms. The number of nitrogens with zero attached hydrogens (tertiary/aromatic N) is 6. The number of hydrogen-bond donors (Lipinski definition) is 1. The van der Waals surface area contributed by atoms with E-state index < -0.39 is 0 Å². The minimum atomic E-state index is 0.801. The van der Waals surface area contributed by atoms with Gasteiger partial charge in [-0.15, -0.1) is 5.10 Å². The zero-order valence-electron chi connectivity index (χ0n) is 14.8. The highest BCUT2D eigenvalue weighted by atomic mass is 15.4. The van der Waals surface area contributed by atoms with Crippen LogP contribution in [0.4, 0.5) is 17.6 Å². The predicted molar refractivity (Wildman–Crippen MR) is 99.3 cm³/mol. The molecular weight excluding hydrogens is 314 g/mol. The van der Waals surface area contributed by atoms with Gasteiger partial charge in [0.1, 0.15) is 5.82 Å². The summed E-state index contributed by atoms with van der Waals surface area (Å²) in [6, 6.07) is 4.16. The smallest absolute Gasteiger partial charge is 0.227 e. The van der Waals surface area contributed by atoms with Gasteiger partial charge < -0.3 is 15.1 Å². The lowest BCUT2D eigenvalue weighted by atomic mass is 9.97. The van der Waals surface area contributed by atoms with Crippen LogP contribution < -0.4 is 15.1 Å². The van der Waals surface area contributed by atoms with Gasteiger partial charge in [0.2, 0.25) is 5.95 Å². The molecular formula is C18H25N7. The normalized spacial score (nSPS) is 17.3. The van der Waals surface area contributed by atoms with Crippen LogP contribution in [0.3, 0.4) is 0 Å². The van der Waals surface area contributed by atoms with Crippen LogP contribution in [0.2, 0.25) is 0 Å². The first-order valence-electron chi connectivity index (χ1n) is 9.26. The van der Waals surface area contributed by atoms with Crippen molar-refractivity contribution in [2.75, 3.05) is 47.8 Å². The van der Waals surface area contributed by atoms with Gasteiger partial charge in [-0.25, -0.2) is 4.98 Å². The molecule has 4 rings (SSSR count). The third-order valence-corrected chi connectivity index (χ3v) is 4.94. The zero-order chi connectivity index (χ0) is 17.1. The van der Waals surface area contributed by atoms with Crippen molar-refractivity contribution >= 4 is 17.6 Å². The average Bonchev–Trinajstić information content (AvgIpc) is 2.68. The topological polar surface area (TPSA) is 70.1 Å². The Morgan fingerprint density at radius 2 is 1.84 bits per heavy atom. The first-order chi connectivity index (χ1) is 12.3. The molecule has 1 aliphatic carbocycles. The van der Waals surface area contributed by atoms with Crippen LogP contribution in [0.25, 0.3) is 0 Å². The van der Waals surface area contributed by atoms with Crippen LogP contribution in [0.1, 0.15) is 31.0 Å². The summed E-state index contributed by atoms with van der Waals surface area (Å²) in [5.74, 6) is 2.70. The van der Waals surface area contributed by atoms with Crippen LogP contribution in [0.15, 0.2) is 18.3 Å². The Bertz CT molecular complexity index is 725. The maximum atomic E-state index is 4.60. The molecule has 132 valence electrons. The molecule has 0 saturated carbocycles. The SMILES string of the molecule is CCNc1ccnc(N2CCN(c3cc4c(nn3)CCCC4)CC2)n1. The number of rotatable bonds is 4. The molecule has 7 nitrogen and oxygen atoms in total. The van der Waals surface area contributed by atoms with Gasteiger partial charge in [0.05, 0.1) is 5.69 Å². The molecule has 0 unspecified atom stereocenters. The zero-order valence-corrected chi connectivity index (χ0v) is 14.8. The van der Waals surface area contributed by atoms with E-state index in [2.05, 4.69) is 48.3 Å². The maximum Gasteiger partial charge on any atom is 0.227 e. The predicted octanol–water partition coefficient (Wildman–Crippen LogP) is 1.90. The molecule has 2 aliphatic rings. The molecule has 2 aromatic heterocycles. The molecule has 7 heteroatoms. The van der Waals surface area contributed by atoms with Crippen molar-refractivity contribution in [3.05, 3.63) is 29.6 Å². The van der Waals surface area contributed by atoms with Gasteiger partial charge in [0.15, 0.2) is 5.82 Å². The van der Waals surface area contributed by atoms with Crippen LogP contribution in [0.5, 0.6) is 0 Å². The first kappa shape index (κ1) is 16.1. The molecule has 1 saturated heterocycles. The summed E-state index contributed by atoms with van der Waals surface area (Å²) in [5, 5.41) is 12.2. The van der Waals surface area contributed by atoms with Gasteiger partial charge in [-0.05, 0) is 50.3 Å². The summed E-state index contributed by atoms with van der Waals surface area (Å²) in [4.78, 5) is 13.6. The second kappa shape index (κ2) is 7.21. The Balaban J connectivity index is 1.42. The fourth-order valence-electron chi connectivity index (χ4n) is 3.55. The molecule has 0 amide bonds. The van der Waals surface area contributed by atoms with Gasteiger partial charge in [-0.1, -0.05) is 0 Å². The largest absolute Gasteiger partial charge is 0.370 e. The van der Waals surface area contributed by atoms with Crippen molar-refractivity contribution in [1.29, 1.82) is 0 Å². The fourth-order valence-corrected chi connectivity index (χ4v) is 3.55. The minimum Gasteiger partial charge on any atom is -0.370 e. The number of aryl methyl sites for hydroxylation is 2. The van der Waals surface area contributed by atoms with E-state index >= 15 is 0 Å². The lowest BCUT2D eigenvalue weighted by Gasteiger charge is -2.35. The standard InChI is InChI=1S/C18H25N7/c1-2-19-16-7-8-20-18(21-16)25-11-9-24(10-12-25)17-13-14-5-3-4-6-15(14)22-23-17/h7-8,13H,2-6,9-12H2,1H3,(H,19,20,21). The second-order valence-corrected chi connectivity index (χ2v) is 6.63. The van der Waals surface area contributed by atoms with Gasteiger partial charge in [-0.3, -0.25) is 0 Å². The summed E-state index contributed by atoms with van der Waals surface area (Å²) in [6.07, 6.45) is 6.55. The van der Waals surface area contributed by atoms with Gasteiger partial charge in [0.25, 0.3) is 0 Å². The maximum absolute atomic E-state index is 4.60. The van der Waals surface area contributed by atoms with Crippen molar-refractivity contribution in [3.63, 3.8) is 0 Å². The number of anilines is 3. The lowest BCUT2D eigenvalue weighted by molar-refractivity contribution is 0.619. The number of fused-ring (bicyclic) bond motifs is 1. The van der Waals surface area contributed by atoms with E-state index in [0.717, 1.165) is 63.1 Å². The van der Waals surface area contributed by atoms with E-state index in [-0.39, 0.29) is 0 Å². The molecule has 25 heavy (non-hydrogen) atoms. The summed E-state index contributed by atoms with van der Waals surface area (Å²) >= 11 is 0. The van der Waals surface area contributed by atoms with Crippen molar-refractivity contribution in [1.82, 2.24) is 20.2 Å². The van der Waals surface area contributed by atoms with Crippen LogP contribution in [-0.4, -0.2) is 52.9 Å². The summed E-state index contributed by atoms with van der Waals surface area (Å²) in [5.41, 5.74) is 2.59. The van der Waals surface area contributed by atoms with Crippen LogP contribution >= 0.6 is 0 Å². The van der Waals surface area contributed by atoms with Crippen molar-refractivity contribution < 1.29 is 0 Å². The lowest BCUT2D eigenvalue weighted by Crippen LogP contribution is -2.47.